The number of amides is 2. The van der Waals surface area contributed by atoms with Crippen LogP contribution in [0, 0.1) is 17.7 Å². The van der Waals surface area contributed by atoms with Crippen LogP contribution in [-0.4, -0.2) is 61.2 Å². The third kappa shape index (κ3) is 3.77. The fourth-order valence-corrected chi connectivity index (χ4v) is 5.32. The molecule has 0 spiro atoms. The number of rotatable bonds is 2. The molecule has 0 radical (unpaired) electrons. The molecule has 4 rings (SSSR count). The first kappa shape index (κ1) is 25.9. The van der Waals surface area contributed by atoms with Crippen LogP contribution in [0.3, 0.4) is 0 Å². The van der Waals surface area contributed by atoms with Gasteiger partial charge in [-0.2, -0.15) is 0 Å². The Labute approximate surface area is 209 Å². The van der Waals surface area contributed by atoms with Crippen LogP contribution in [0.2, 0.25) is 0 Å². The van der Waals surface area contributed by atoms with Crippen molar-refractivity contribution in [3.8, 4) is 5.75 Å². The van der Waals surface area contributed by atoms with E-state index in [9.17, 15) is 44.0 Å². The molecule has 3 aliphatic rings. The van der Waals surface area contributed by atoms with Gasteiger partial charge in [-0.05, 0) is 39.5 Å². The number of nitrogens with one attached hydrogen (secondary N) is 1. The first-order valence-electron chi connectivity index (χ1n) is 11.3. The van der Waals surface area contributed by atoms with Crippen LogP contribution < -0.4 is 16.8 Å². The number of phenolic OH excluding ortho intramolecular Hbond substituents is 1. The molecule has 1 aromatic rings. The number of nitrogens with two attached hydrogens (primary N) is 2. The Bertz CT molecular complexity index is 1340. The second kappa shape index (κ2) is 8.20. The third-order valence-electron chi connectivity index (χ3n) is 6.85. The predicted octanol–water partition coefficient (Wildman–Crippen LogP) is 0.648. The smallest absolute Gasteiger partial charge is 0.408 e. The van der Waals surface area contributed by atoms with E-state index < -0.39 is 98.1 Å². The average Bonchev–Trinajstić information content (AvgIpc) is 2.75. The maximum Gasteiger partial charge on any atom is 0.408 e. The van der Waals surface area contributed by atoms with Crippen molar-refractivity contribution >= 4 is 35.0 Å². The molecule has 1 aromatic carbocycles. The van der Waals surface area contributed by atoms with E-state index in [2.05, 4.69) is 5.32 Å². The fourth-order valence-electron chi connectivity index (χ4n) is 5.32. The minimum atomic E-state index is -2.98. The van der Waals surface area contributed by atoms with Crippen molar-refractivity contribution in [2.45, 2.75) is 50.9 Å². The van der Waals surface area contributed by atoms with E-state index in [1.807, 2.05) is 0 Å². The molecule has 0 bridgehead atoms. The summed E-state index contributed by atoms with van der Waals surface area (Å²) in [5, 5.41) is 45.9. The number of aliphatic hydroxyl groups is 3. The van der Waals surface area contributed by atoms with Gasteiger partial charge in [0.25, 0.3) is 5.91 Å². The number of carbonyl (C=O) groups is 4. The standard InChI is InChI=1S/C24H26FN3O9/c1-23(2,3)37-22(35)28-15-9-5-7-4-8-10(25)6-11(26)16(29)13(8)17(30)12(7)19(32)24(9,36)20(33)14(18(15)31)21(27)34/h6-7,9,15,29-30,33,36H,4-5,26H2,1-3H3,(H2,27,34)(H,28,35)/t7-,9-,15-,24-/m0/s1. The van der Waals surface area contributed by atoms with E-state index >= 15 is 0 Å². The molecular weight excluding hydrogens is 493 g/mol. The zero-order valence-corrected chi connectivity index (χ0v) is 20.1. The molecule has 2 amide bonds. The Morgan fingerprint density at radius 3 is 2.41 bits per heavy atom. The maximum atomic E-state index is 14.7. The van der Waals surface area contributed by atoms with Crippen LogP contribution in [0.4, 0.5) is 14.9 Å². The molecule has 0 aromatic heterocycles. The minimum Gasteiger partial charge on any atom is -0.508 e. The summed E-state index contributed by atoms with van der Waals surface area (Å²) in [6, 6.07) is -0.907. The van der Waals surface area contributed by atoms with Crippen LogP contribution in [0.25, 0.3) is 5.76 Å². The van der Waals surface area contributed by atoms with Crippen molar-refractivity contribution in [3.05, 3.63) is 39.9 Å². The van der Waals surface area contributed by atoms with Gasteiger partial charge in [0.1, 0.15) is 40.3 Å². The van der Waals surface area contributed by atoms with Crippen LogP contribution in [-0.2, 0) is 25.5 Å². The van der Waals surface area contributed by atoms with E-state index in [0.717, 1.165) is 6.07 Å². The molecule has 13 heteroatoms. The van der Waals surface area contributed by atoms with Gasteiger partial charge in [0.15, 0.2) is 11.4 Å². The van der Waals surface area contributed by atoms with Crippen molar-refractivity contribution in [1.29, 1.82) is 0 Å². The number of Topliss-reactive ketones (excluding diaryl/α,β-unsaturated/α-hetero) is 2. The lowest BCUT2D eigenvalue weighted by atomic mass is 9.57. The molecule has 12 nitrogen and oxygen atoms in total. The number of hydrogen-bond acceptors (Lipinski definition) is 10. The zero-order valence-electron chi connectivity index (χ0n) is 20.1. The van der Waals surface area contributed by atoms with E-state index in [4.69, 9.17) is 16.2 Å². The highest BCUT2D eigenvalue weighted by atomic mass is 19.1. The maximum absolute atomic E-state index is 14.7. The Morgan fingerprint density at radius 1 is 1.22 bits per heavy atom. The summed E-state index contributed by atoms with van der Waals surface area (Å²) >= 11 is 0. The Morgan fingerprint density at radius 2 is 1.84 bits per heavy atom. The van der Waals surface area contributed by atoms with Gasteiger partial charge in [0.2, 0.25) is 5.78 Å². The second-order valence-corrected chi connectivity index (χ2v) is 10.3. The predicted molar refractivity (Wildman–Crippen MR) is 124 cm³/mol. The number of ketones is 2. The lowest BCUT2D eigenvalue weighted by Crippen LogP contribution is -2.66. The summed E-state index contributed by atoms with van der Waals surface area (Å²) in [4.78, 5) is 51.4. The van der Waals surface area contributed by atoms with Gasteiger partial charge in [-0.3, -0.25) is 14.4 Å². The van der Waals surface area contributed by atoms with Crippen molar-refractivity contribution in [1.82, 2.24) is 5.32 Å². The summed E-state index contributed by atoms with van der Waals surface area (Å²) < 4.78 is 19.9. The molecule has 3 aliphatic carbocycles. The average molecular weight is 519 g/mol. The molecule has 0 aliphatic heterocycles. The highest BCUT2D eigenvalue weighted by Gasteiger charge is 2.64. The Hall–Kier alpha value is -4.13. The van der Waals surface area contributed by atoms with Crippen LogP contribution in [0.1, 0.15) is 38.3 Å². The van der Waals surface area contributed by atoms with Gasteiger partial charge >= 0.3 is 6.09 Å². The number of ether oxygens (including phenoxy) is 1. The van der Waals surface area contributed by atoms with Gasteiger partial charge in [-0.15, -0.1) is 0 Å². The van der Waals surface area contributed by atoms with Gasteiger partial charge in [-0.25, -0.2) is 9.18 Å². The number of halogens is 1. The van der Waals surface area contributed by atoms with E-state index in [0.29, 0.717) is 0 Å². The van der Waals surface area contributed by atoms with Gasteiger partial charge in [-0.1, -0.05) is 0 Å². The first-order valence-corrected chi connectivity index (χ1v) is 11.3. The Kier molecular flexibility index (Phi) is 5.75. The third-order valence-corrected chi connectivity index (χ3v) is 6.85. The highest BCUT2D eigenvalue weighted by molar-refractivity contribution is 6.25. The molecule has 1 fully saturated rings. The number of anilines is 1. The number of aliphatic hydroxyl groups excluding tert-OH is 2. The molecular formula is C24H26FN3O9. The molecule has 0 unspecified atom stereocenters. The van der Waals surface area contributed by atoms with Crippen LogP contribution in [0.15, 0.2) is 23.0 Å². The molecule has 37 heavy (non-hydrogen) atoms. The normalized spacial score (nSPS) is 27.3. The largest absolute Gasteiger partial charge is 0.508 e. The number of phenols is 1. The van der Waals surface area contributed by atoms with E-state index in [1.165, 1.54) is 0 Å². The molecule has 9 N–H and O–H groups in total. The molecule has 198 valence electrons. The van der Waals surface area contributed by atoms with Crippen LogP contribution in [0.5, 0.6) is 5.75 Å². The van der Waals surface area contributed by atoms with Crippen LogP contribution >= 0.6 is 0 Å². The van der Waals surface area contributed by atoms with Gasteiger partial charge in [0.05, 0.1) is 11.3 Å². The summed E-state index contributed by atoms with van der Waals surface area (Å²) in [6.07, 6.45) is -1.71. The summed E-state index contributed by atoms with van der Waals surface area (Å²) in [5.74, 6) is -10.3. The molecule has 4 atom stereocenters. The topological polar surface area (TPSA) is 222 Å². The summed E-state index contributed by atoms with van der Waals surface area (Å²) in [7, 11) is 0. The van der Waals surface area contributed by atoms with Gasteiger partial charge in [0, 0.05) is 23.1 Å². The van der Waals surface area contributed by atoms with Crippen molar-refractivity contribution < 1.29 is 48.7 Å². The SMILES string of the molecule is CC(C)(C)OC(=O)N[C@@H]1C(=O)C(C(N)=O)=C(O)[C@@]2(O)C(=O)C3=C(O)c4c(O)c(N)cc(F)c4C[C@H]3C[C@@H]12. The van der Waals surface area contributed by atoms with Gasteiger partial charge < -0.3 is 41.9 Å². The number of benzene rings is 1. The summed E-state index contributed by atoms with van der Waals surface area (Å²) in [6.45, 7) is 4.64. The van der Waals surface area contributed by atoms with E-state index in [-0.39, 0.29) is 18.4 Å². The Balaban J connectivity index is 1.90. The fraction of sp³-hybridized carbons (Fsp3) is 0.417. The van der Waals surface area contributed by atoms with E-state index in [1.54, 1.807) is 20.8 Å². The number of hydrogen-bond donors (Lipinski definition) is 7. The number of carbonyl (C=O) groups excluding carboxylic acids is 4. The molecule has 1 saturated carbocycles. The number of fused-ring (bicyclic) bond motifs is 3. The summed E-state index contributed by atoms with van der Waals surface area (Å²) in [5.41, 5.74) is 4.25. The number of primary amides is 1. The quantitative estimate of drug-likeness (QED) is 0.164. The number of alkyl carbamates (subject to hydrolysis) is 1. The molecule has 0 heterocycles. The van der Waals surface area contributed by atoms with Crippen molar-refractivity contribution in [2.75, 3.05) is 5.73 Å². The minimum absolute atomic E-state index is 0.160. The number of aromatic hydroxyl groups is 1. The van der Waals surface area contributed by atoms with Crippen molar-refractivity contribution in [2.24, 2.45) is 17.6 Å². The second-order valence-electron chi connectivity index (χ2n) is 10.3. The molecule has 0 saturated heterocycles. The lowest BCUT2D eigenvalue weighted by molar-refractivity contribution is -0.150. The highest BCUT2D eigenvalue weighted by Crippen LogP contribution is 2.52. The zero-order chi connectivity index (χ0) is 27.8. The number of nitrogen functional groups attached to an aromatic ring is 1. The monoisotopic (exact) mass is 519 g/mol. The lowest BCUT2D eigenvalue weighted by Gasteiger charge is -2.48. The first-order chi connectivity index (χ1) is 17.0. The van der Waals surface area contributed by atoms with Crippen molar-refractivity contribution in [3.63, 3.8) is 0 Å².